The zero-order valence-corrected chi connectivity index (χ0v) is 11.8. The van der Waals surface area contributed by atoms with E-state index in [0.29, 0.717) is 5.39 Å². The van der Waals surface area contributed by atoms with Crippen molar-refractivity contribution in [2.24, 2.45) is 0 Å². The van der Waals surface area contributed by atoms with Gasteiger partial charge in [-0.25, -0.2) is 4.79 Å². The lowest BCUT2D eigenvalue weighted by atomic mass is 10.1. The standard InChI is InChI=1S/C15H16N2O4/c1-3-21-15(20)9(2)17-14(19)13(18)11-8-16-12-7-5-4-6-10(11)12/h4-9,16H,3H2,1-2H3,(H,17,19)/t9-/m0/s1. The number of Topliss-reactive ketones (excluding diaryl/α,β-unsaturated/α-hetero) is 1. The maximum absolute atomic E-state index is 12.2. The highest BCUT2D eigenvalue weighted by Gasteiger charge is 2.24. The third-order valence-electron chi connectivity index (χ3n) is 3.03. The number of esters is 1. The van der Waals surface area contributed by atoms with Crippen LogP contribution >= 0.6 is 0 Å². The topological polar surface area (TPSA) is 88.3 Å². The number of carbonyl (C=O) groups is 3. The smallest absolute Gasteiger partial charge is 0.328 e. The molecule has 1 aromatic carbocycles. The summed E-state index contributed by atoms with van der Waals surface area (Å²) in [6.07, 6.45) is 1.49. The van der Waals surface area contributed by atoms with Crippen LogP contribution in [0.5, 0.6) is 0 Å². The number of rotatable bonds is 5. The summed E-state index contributed by atoms with van der Waals surface area (Å²) in [7, 11) is 0. The summed E-state index contributed by atoms with van der Waals surface area (Å²) in [5.74, 6) is -2.10. The highest BCUT2D eigenvalue weighted by molar-refractivity contribution is 6.45. The van der Waals surface area contributed by atoms with E-state index in [1.165, 1.54) is 13.1 Å². The van der Waals surface area contributed by atoms with Crippen molar-refractivity contribution in [2.75, 3.05) is 6.61 Å². The molecule has 6 heteroatoms. The second-order valence-electron chi connectivity index (χ2n) is 4.52. The van der Waals surface area contributed by atoms with Crippen molar-refractivity contribution in [2.45, 2.75) is 19.9 Å². The predicted octanol–water partition coefficient (Wildman–Crippen LogP) is 1.42. The Hall–Kier alpha value is -2.63. The highest BCUT2D eigenvalue weighted by atomic mass is 16.5. The zero-order valence-electron chi connectivity index (χ0n) is 11.8. The van der Waals surface area contributed by atoms with Crippen molar-refractivity contribution < 1.29 is 19.1 Å². The average molecular weight is 288 g/mol. The number of ketones is 1. The number of amides is 1. The van der Waals surface area contributed by atoms with E-state index in [-0.39, 0.29) is 12.2 Å². The number of hydrogen-bond donors (Lipinski definition) is 2. The highest BCUT2D eigenvalue weighted by Crippen LogP contribution is 2.18. The summed E-state index contributed by atoms with van der Waals surface area (Å²) in [6, 6.07) is 6.31. The number of para-hydroxylation sites is 1. The van der Waals surface area contributed by atoms with E-state index in [4.69, 9.17) is 4.74 Å². The van der Waals surface area contributed by atoms with Crippen LogP contribution in [0.25, 0.3) is 10.9 Å². The van der Waals surface area contributed by atoms with Crippen molar-refractivity contribution in [1.29, 1.82) is 0 Å². The quantitative estimate of drug-likeness (QED) is 0.495. The van der Waals surface area contributed by atoms with Gasteiger partial charge in [-0.15, -0.1) is 0 Å². The molecule has 1 amide bonds. The van der Waals surface area contributed by atoms with E-state index in [2.05, 4.69) is 10.3 Å². The number of aromatic amines is 1. The Morgan fingerprint density at radius 3 is 2.71 bits per heavy atom. The Labute approximate surface area is 121 Å². The van der Waals surface area contributed by atoms with E-state index in [0.717, 1.165) is 5.52 Å². The van der Waals surface area contributed by atoms with Gasteiger partial charge in [-0.2, -0.15) is 0 Å². The number of nitrogens with one attached hydrogen (secondary N) is 2. The van der Waals surface area contributed by atoms with Crippen LogP contribution in [0.15, 0.2) is 30.5 Å². The van der Waals surface area contributed by atoms with Crippen LogP contribution in [0.1, 0.15) is 24.2 Å². The van der Waals surface area contributed by atoms with Gasteiger partial charge in [0, 0.05) is 17.1 Å². The second kappa shape index (κ2) is 6.21. The van der Waals surface area contributed by atoms with Gasteiger partial charge in [0.15, 0.2) is 0 Å². The molecule has 0 unspecified atom stereocenters. The molecule has 0 bridgehead atoms. The van der Waals surface area contributed by atoms with E-state index in [1.807, 2.05) is 12.1 Å². The first kappa shape index (κ1) is 14.8. The third-order valence-corrected chi connectivity index (χ3v) is 3.03. The minimum atomic E-state index is -0.869. The first-order chi connectivity index (χ1) is 10.0. The van der Waals surface area contributed by atoms with Crippen molar-refractivity contribution in [3.05, 3.63) is 36.0 Å². The average Bonchev–Trinajstić information content (AvgIpc) is 2.90. The van der Waals surface area contributed by atoms with Gasteiger partial charge in [-0.1, -0.05) is 18.2 Å². The SMILES string of the molecule is CCOC(=O)[C@H](C)NC(=O)C(=O)c1c[nH]c2ccccc12. The van der Waals surface area contributed by atoms with Crippen LogP contribution in [0.4, 0.5) is 0 Å². The van der Waals surface area contributed by atoms with Crippen molar-refractivity contribution in [3.8, 4) is 0 Å². The maximum atomic E-state index is 12.2. The summed E-state index contributed by atoms with van der Waals surface area (Å²) < 4.78 is 4.77. The number of benzene rings is 1. The van der Waals surface area contributed by atoms with Crippen molar-refractivity contribution in [3.63, 3.8) is 0 Å². The molecule has 0 fully saturated rings. The molecule has 1 aromatic heterocycles. The van der Waals surface area contributed by atoms with Crippen molar-refractivity contribution >= 4 is 28.6 Å². The van der Waals surface area contributed by atoms with Crippen LogP contribution in [0.3, 0.4) is 0 Å². The Bertz CT molecular complexity index is 690. The summed E-state index contributed by atoms with van der Waals surface area (Å²) in [4.78, 5) is 38.4. The van der Waals surface area contributed by atoms with Crippen LogP contribution in [0.2, 0.25) is 0 Å². The number of H-pyrrole nitrogens is 1. The van der Waals surface area contributed by atoms with Gasteiger partial charge in [0.05, 0.1) is 12.2 Å². The van der Waals surface area contributed by atoms with Gasteiger partial charge in [0.25, 0.3) is 11.7 Å². The third kappa shape index (κ3) is 3.10. The fourth-order valence-corrected chi connectivity index (χ4v) is 1.97. The van der Waals surface area contributed by atoms with Gasteiger partial charge in [-0.3, -0.25) is 9.59 Å². The molecule has 1 atom stereocenters. The first-order valence-electron chi connectivity index (χ1n) is 6.62. The minimum Gasteiger partial charge on any atom is -0.464 e. The second-order valence-corrected chi connectivity index (χ2v) is 4.52. The number of aromatic nitrogens is 1. The molecule has 0 aliphatic carbocycles. The molecule has 0 saturated carbocycles. The van der Waals surface area contributed by atoms with E-state index in [1.54, 1.807) is 19.1 Å². The predicted molar refractivity (Wildman–Crippen MR) is 76.9 cm³/mol. The molecule has 2 N–H and O–H groups in total. The number of carbonyl (C=O) groups excluding carboxylic acids is 3. The summed E-state index contributed by atoms with van der Waals surface area (Å²) in [5, 5.41) is 3.01. The molecular weight excluding hydrogens is 272 g/mol. The Kier molecular flexibility index (Phi) is 4.37. The Morgan fingerprint density at radius 2 is 2.00 bits per heavy atom. The molecule has 0 radical (unpaired) electrons. The minimum absolute atomic E-state index is 0.218. The molecule has 0 aliphatic rings. The lowest BCUT2D eigenvalue weighted by Gasteiger charge is -2.11. The molecule has 2 rings (SSSR count). The van der Waals surface area contributed by atoms with Crippen LogP contribution in [-0.4, -0.2) is 35.3 Å². The summed E-state index contributed by atoms with van der Waals surface area (Å²) >= 11 is 0. The fraction of sp³-hybridized carbons (Fsp3) is 0.267. The molecule has 1 heterocycles. The van der Waals surface area contributed by atoms with Gasteiger partial charge < -0.3 is 15.0 Å². The lowest BCUT2D eigenvalue weighted by Crippen LogP contribution is -2.42. The van der Waals surface area contributed by atoms with Gasteiger partial charge >= 0.3 is 5.97 Å². The van der Waals surface area contributed by atoms with E-state index < -0.39 is 23.7 Å². The first-order valence-corrected chi connectivity index (χ1v) is 6.62. The molecule has 0 aliphatic heterocycles. The van der Waals surface area contributed by atoms with E-state index in [9.17, 15) is 14.4 Å². The molecule has 0 spiro atoms. The monoisotopic (exact) mass is 288 g/mol. The Balaban J connectivity index is 2.13. The molecule has 0 saturated heterocycles. The van der Waals surface area contributed by atoms with Crippen LogP contribution in [-0.2, 0) is 14.3 Å². The lowest BCUT2D eigenvalue weighted by molar-refractivity contribution is -0.146. The Morgan fingerprint density at radius 1 is 1.29 bits per heavy atom. The number of fused-ring (bicyclic) bond motifs is 1. The molecule has 6 nitrogen and oxygen atoms in total. The van der Waals surface area contributed by atoms with Gasteiger partial charge in [0.1, 0.15) is 6.04 Å². The fourth-order valence-electron chi connectivity index (χ4n) is 1.97. The molecule has 2 aromatic rings. The van der Waals surface area contributed by atoms with Crippen molar-refractivity contribution in [1.82, 2.24) is 10.3 Å². The van der Waals surface area contributed by atoms with Crippen LogP contribution < -0.4 is 5.32 Å². The van der Waals surface area contributed by atoms with Gasteiger partial charge in [0.2, 0.25) is 0 Å². The zero-order chi connectivity index (χ0) is 15.4. The number of ether oxygens (including phenoxy) is 1. The largest absolute Gasteiger partial charge is 0.464 e. The molecule has 110 valence electrons. The van der Waals surface area contributed by atoms with E-state index >= 15 is 0 Å². The molecular formula is C15H16N2O4. The van der Waals surface area contributed by atoms with Gasteiger partial charge in [-0.05, 0) is 19.9 Å². The number of hydrogen-bond acceptors (Lipinski definition) is 4. The summed E-state index contributed by atoms with van der Waals surface area (Å²) in [6.45, 7) is 3.36. The molecule has 21 heavy (non-hydrogen) atoms. The van der Waals surface area contributed by atoms with Crippen LogP contribution in [0, 0.1) is 0 Å². The normalized spacial score (nSPS) is 11.9. The summed E-state index contributed by atoms with van der Waals surface area (Å²) in [5.41, 5.74) is 1.05. The maximum Gasteiger partial charge on any atom is 0.328 e.